The number of benzene rings is 1. The quantitative estimate of drug-likeness (QED) is 0.838. The second kappa shape index (κ2) is 6.80. The molecule has 0 bridgehead atoms. The predicted octanol–water partition coefficient (Wildman–Crippen LogP) is 1.74. The molecular weight excluding hydrogens is 270 g/mol. The van der Waals surface area contributed by atoms with Crippen LogP contribution in [0.5, 0.6) is 11.5 Å². The van der Waals surface area contributed by atoms with E-state index in [-0.39, 0.29) is 24.5 Å². The molecule has 0 fully saturated rings. The fraction of sp³-hybridized carbons (Fsp3) is 0.562. The molecule has 116 valence electrons. The monoisotopic (exact) mass is 293 g/mol. The zero-order valence-corrected chi connectivity index (χ0v) is 12.6. The van der Waals surface area contributed by atoms with Gasteiger partial charge in [-0.15, -0.1) is 0 Å². The van der Waals surface area contributed by atoms with Crippen LogP contribution in [0.4, 0.5) is 0 Å². The Hall–Kier alpha value is -1.75. The van der Waals surface area contributed by atoms with Crippen LogP contribution >= 0.6 is 0 Å². The van der Waals surface area contributed by atoms with Crippen molar-refractivity contribution >= 4 is 5.91 Å². The maximum absolute atomic E-state index is 12.2. The van der Waals surface area contributed by atoms with Crippen molar-refractivity contribution in [3.63, 3.8) is 0 Å². The summed E-state index contributed by atoms with van der Waals surface area (Å²) in [5, 5.41) is 12.4. The van der Waals surface area contributed by atoms with E-state index in [1.165, 1.54) is 0 Å². The van der Waals surface area contributed by atoms with E-state index in [9.17, 15) is 9.90 Å². The molecule has 1 aromatic rings. The molecule has 0 saturated carbocycles. The molecule has 21 heavy (non-hydrogen) atoms. The van der Waals surface area contributed by atoms with Crippen LogP contribution in [0, 0.1) is 5.41 Å². The molecular formula is C16H23NO4. The molecule has 5 nitrogen and oxygen atoms in total. The van der Waals surface area contributed by atoms with Crippen LogP contribution in [-0.4, -0.2) is 36.9 Å². The van der Waals surface area contributed by atoms with Crippen molar-refractivity contribution in [1.82, 2.24) is 5.32 Å². The van der Waals surface area contributed by atoms with Crippen molar-refractivity contribution in [3.05, 3.63) is 24.3 Å². The van der Waals surface area contributed by atoms with Crippen LogP contribution in [0.1, 0.15) is 26.7 Å². The number of hydrogen-bond acceptors (Lipinski definition) is 4. The predicted molar refractivity (Wildman–Crippen MR) is 79.5 cm³/mol. The summed E-state index contributed by atoms with van der Waals surface area (Å²) in [5.41, 5.74) is -0.261. The lowest BCUT2D eigenvalue weighted by Gasteiger charge is -2.31. The third-order valence-corrected chi connectivity index (χ3v) is 4.27. The second-order valence-corrected chi connectivity index (χ2v) is 5.45. The first-order valence-corrected chi connectivity index (χ1v) is 7.41. The summed E-state index contributed by atoms with van der Waals surface area (Å²) in [6.07, 6.45) is 0.973. The number of carbonyl (C=O) groups excluding carboxylic acids is 1. The van der Waals surface area contributed by atoms with Crippen LogP contribution in [0.15, 0.2) is 24.3 Å². The van der Waals surface area contributed by atoms with Gasteiger partial charge in [0, 0.05) is 12.0 Å². The van der Waals surface area contributed by atoms with Crippen molar-refractivity contribution in [2.24, 2.45) is 5.41 Å². The Kier molecular flexibility index (Phi) is 5.07. The smallest absolute Gasteiger partial charge is 0.264 e. The van der Waals surface area contributed by atoms with Gasteiger partial charge >= 0.3 is 0 Å². The summed E-state index contributed by atoms with van der Waals surface area (Å²) in [4.78, 5) is 12.2. The average Bonchev–Trinajstić information content (AvgIpc) is 2.56. The lowest BCUT2D eigenvalue weighted by atomic mass is 9.83. The molecule has 2 N–H and O–H groups in total. The summed E-state index contributed by atoms with van der Waals surface area (Å²) in [5.74, 6) is 1.04. The third kappa shape index (κ3) is 3.47. The van der Waals surface area contributed by atoms with Gasteiger partial charge in [0.25, 0.3) is 5.91 Å². The molecule has 1 aromatic carbocycles. The Morgan fingerprint density at radius 3 is 2.62 bits per heavy atom. The number of aliphatic hydroxyl groups is 1. The summed E-state index contributed by atoms with van der Waals surface area (Å²) in [6, 6.07) is 7.30. The minimum absolute atomic E-state index is 0.0607. The molecule has 0 aromatic heterocycles. The Balaban J connectivity index is 1.93. The second-order valence-electron chi connectivity index (χ2n) is 5.45. The van der Waals surface area contributed by atoms with Crippen LogP contribution in [0.2, 0.25) is 0 Å². The van der Waals surface area contributed by atoms with Crippen molar-refractivity contribution in [3.8, 4) is 11.5 Å². The number of amides is 1. The van der Waals surface area contributed by atoms with Gasteiger partial charge in [-0.05, 0) is 25.0 Å². The number of nitrogens with one attached hydrogen (secondary N) is 1. The highest BCUT2D eigenvalue weighted by Gasteiger charge is 2.30. The van der Waals surface area contributed by atoms with Crippen LogP contribution < -0.4 is 14.8 Å². The van der Waals surface area contributed by atoms with Gasteiger partial charge in [-0.3, -0.25) is 4.79 Å². The SMILES string of the molecule is CCC(CC)(CO)CNC(=O)C1COc2ccccc2O1. The molecule has 0 saturated heterocycles. The van der Waals surface area contributed by atoms with E-state index >= 15 is 0 Å². The molecule has 0 aliphatic carbocycles. The minimum Gasteiger partial charge on any atom is -0.485 e. The molecule has 1 atom stereocenters. The van der Waals surface area contributed by atoms with Gasteiger partial charge in [0.15, 0.2) is 11.5 Å². The summed E-state index contributed by atoms with van der Waals surface area (Å²) in [6.45, 7) is 4.74. The van der Waals surface area contributed by atoms with Crippen molar-refractivity contribution < 1.29 is 19.4 Å². The highest BCUT2D eigenvalue weighted by Crippen LogP contribution is 2.31. The normalized spacial score (nSPS) is 17.4. The van der Waals surface area contributed by atoms with E-state index in [1.807, 2.05) is 32.0 Å². The van der Waals surface area contributed by atoms with Crippen molar-refractivity contribution in [2.45, 2.75) is 32.8 Å². The van der Waals surface area contributed by atoms with Gasteiger partial charge in [0.1, 0.15) is 6.61 Å². The van der Waals surface area contributed by atoms with E-state index in [0.29, 0.717) is 18.0 Å². The first kappa shape index (κ1) is 15.6. The van der Waals surface area contributed by atoms with Crippen LogP contribution in [-0.2, 0) is 4.79 Å². The average molecular weight is 293 g/mol. The highest BCUT2D eigenvalue weighted by molar-refractivity contribution is 5.81. The first-order valence-electron chi connectivity index (χ1n) is 7.41. The minimum atomic E-state index is -0.648. The number of carbonyl (C=O) groups is 1. The number of hydrogen-bond donors (Lipinski definition) is 2. The van der Waals surface area contributed by atoms with E-state index in [4.69, 9.17) is 9.47 Å². The van der Waals surface area contributed by atoms with Gasteiger partial charge in [-0.1, -0.05) is 26.0 Å². The Morgan fingerprint density at radius 1 is 1.33 bits per heavy atom. The molecule has 2 rings (SSSR count). The van der Waals surface area contributed by atoms with Gasteiger partial charge in [0.2, 0.25) is 6.10 Å². The fourth-order valence-corrected chi connectivity index (χ4v) is 2.32. The molecule has 1 heterocycles. The largest absolute Gasteiger partial charge is 0.485 e. The van der Waals surface area contributed by atoms with Crippen LogP contribution in [0.25, 0.3) is 0 Å². The maximum Gasteiger partial charge on any atom is 0.264 e. The summed E-state index contributed by atoms with van der Waals surface area (Å²) < 4.78 is 11.2. The standard InChI is InChI=1S/C16H23NO4/c1-3-16(4-2,11-18)10-17-15(19)14-9-20-12-7-5-6-8-13(12)21-14/h5-8,14,18H,3-4,9-11H2,1-2H3,(H,17,19). The first-order chi connectivity index (χ1) is 10.1. The summed E-state index contributed by atoms with van der Waals surface area (Å²) in [7, 11) is 0. The van der Waals surface area contributed by atoms with E-state index in [2.05, 4.69) is 5.32 Å². The molecule has 1 aliphatic rings. The van der Waals surface area contributed by atoms with Crippen molar-refractivity contribution in [2.75, 3.05) is 19.8 Å². The Labute approximate surface area is 125 Å². The lowest BCUT2D eigenvalue weighted by Crippen LogP contribution is -2.48. The van der Waals surface area contributed by atoms with Gasteiger partial charge < -0.3 is 19.9 Å². The molecule has 0 radical (unpaired) electrons. The molecule has 1 amide bonds. The number of ether oxygens (including phenoxy) is 2. The number of para-hydroxylation sites is 2. The van der Waals surface area contributed by atoms with Crippen molar-refractivity contribution in [1.29, 1.82) is 0 Å². The Morgan fingerprint density at radius 2 is 2.00 bits per heavy atom. The van der Waals surface area contributed by atoms with Gasteiger partial charge in [-0.2, -0.15) is 0 Å². The zero-order chi connectivity index (χ0) is 15.3. The lowest BCUT2D eigenvalue weighted by molar-refractivity contribution is -0.131. The van der Waals surface area contributed by atoms with Gasteiger partial charge in [0.05, 0.1) is 6.61 Å². The molecule has 0 spiro atoms. The number of fused-ring (bicyclic) bond motifs is 1. The van der Waals surface area contributed by atoms with Crippen LogP contribution in [0.3, 0.4) is 0 Å². The van der Waals surface area contributed by atoms with E-state index in [0.717, 1.165) is 12.8 Å². The van der Waals surface area contributed by atoms with Gasteiger partial charge in [-0.25, -0.2) is 0 Å². The summed E-state index contributed by atoms with van der Waals surface area (Å²) >= 11 is 0. The molecule has 5 heteroatoms. The third-order valence-electron chi connectivity index (χ3n) is 4.27. The topological polar surface area (TPSA) is 67.8 Å². The molecule has 1 aliphatic heterocycles. The van der Waals surface area contributed by atoms with E-state index in [1.54, 1.807) is 6.07 Å². The number of aliphatic hydroxyl groups excluding tert-OH is 1. The molecule has 1 unspecified atom stereocenters. The van der Waals surface area contributed by atoms with E-state index < -0.39 is 6.10 Å². The highest BCUT2D eigenvalue weighted by atomic mass is 16.6. The number of rotatable bonds is 6. The Bertz CT molecular complexity index is 477. The maximum atomic E-state index is 12.2. The fourth-order valence-electron chi connectivity index (χ4n) is 2.32. The zero-order valence-electron chi connectivity index (χ0n) is 12.6.